The van der Waals surface area contributed by atoms with E-state index in [4.69, 9.17) is 4.99 Å². The van der Waals surface area contributed by atoms with E-state index >= 15 is 0 Å². The first-order chi connectivity index (χ1) is 26.7. The Kier molecular flexibility index (Phi) is 9.42. The van der Waals surface area contributed by atoms with Crippen molar-refractivity contribution >= 4 is 52.3 Å². The third-order valence-electron chi connectivity index (χ3n) is 9.89. The number of anilines is 5. The number of ketones is 1. The molecule has 8 rings (SSSR count). The largest absolute Gasteiger partial charge is 0.330 e. The lowest BCUT2D eigenvalue weighted by Crippen LogP contribution is -2.46. The molecule has 2 N–H and O–H groups in total. The fourth-order valence-electron chi connectivity index (χ4n) is 6.95. The Hall–Kier alpha value is -7.01. The van der Waals surface area contributed by atoms with Gasteiger partial charge >= 0.3 is 6.03 Å². The highest BCUT2D eigenvalue weighted by Crippen LogP contribution is 2.34. The van der Waals surface area contributed by atoms with Gasteiger partial charge < -0.3 is 10.6 Å². The second kappa shape index (κ2) is 14.8. The van der Waals surface area contributed by atoms with Crippen molar-refractivity contribution in [2.45, 2.75) is 39.3 Å². The van der Waals surface area contributed by atoms with Crippen LogP contribution in [0.4, 0.5) is 33.6 Å². The molecule has 11 nitrogen and oxygen atoms in total. The minimum absolute atomic E-state index is 0.00374. The predicted octanol–water partition coefficient (Wildman–Crippen LogP) is 7.63. The van der Waals surface area contributed by atoms with E-state index in [1.165, 1.54) is 4.90 Å². The number of hydrogen-bond donors (Lipinski definition) is 2. The zero-order valence-corrected chi connectivity index (χ0v) is 30.7. The topological polar surface area (TPSA) is 133 Å². The number of hydrogen-bond acceptors (Lipinski definition) is 8. The molecule has 0 saturated heterocycles. The molecule has 0 aliphatic carbocycles. The molecule has 2 aromatic heterocycles. The van der Waals surface area contributed by atoms with E-state index in [0.29, 0.717) is 35.1 Å². The number of pyridine rings is 1. The van der Waals surface area contributed by atoms with Crippen LogP contribution in [0.15, 0.2) is 127 Å². The minimum atomic E-state index is -0.557. The van der Waals surface area contributed by atoms with E-state index in [9.17, 15) is 14.4 Å². The van der Waals surface area contributed by atoms with Crippen LogP contribution in [-0.2, 0) is 24.2 Å². The van der Waals surface area contributed by atoms with Crippen molar-refractivity contribution in [1.82, 2.24) is 15.0 Å². The summed E-state index contributed by atoms with van der Waals surface area (Å²) in [4.78, 5) is 62.9. The van der Waals surface area contributed by atoms with Crippen LogP contribution < -0.4 is 20.4 Å². The molecule has 11 heteroatoms. The lowest BCUT2D eigenvalue weighted by Gasteiger charge is -2.35. The smallest absolute Gasteiger partial charge is 0.323 e. The summed E-state index contributed by atoms with van der Waals surface area (Å²) in [7, 11) is 1.68. The van der Waals surface area contributed by atoms with E-state index in [-0.39, 0.29) is 30.7 Å². The summed E-state index contributed by atoms with van der Waals surface area (Å²) in [6.45, 7) is 4.08. The van der Waals surface area contributed by atoms with Crippen molar-refractivity contribution < 1.29 is 14.4 Å². The molecule has 0 unspecified atom stereocenters. The fraction of sp³-hybridized carbons (Fsp3) is 0.159. The fourth-order valence-corrected chi connectivity index (χ4v) is 6.95. The van der Waals surface area contributed by atoms with Crippen molar-refractivity contribution in [3.8, 4) is 0 Å². The van der Waals surface area contributed by atoms with Gasteiger partial charge in [-0.05, 0) is 66.9 Å². The van der Waals surface area contributed by atoms with Crippen LogP contribution in [0.5, 0.6) is 0 Å². The molecule has 0 radical (unpaired) electrons. The Bertz CT molecular complexity index is 2470. The SMILES string of the molecule is Cc1ccc(Nc2ncc3c(n2)N(C)C(=O)N(c2cc(NC(=O)c4ccc5c(c4)CC(=O)[C@H](Cc4ccccc4)N=C5c4ccccc4)ccc2C)C3)cn1. The molecule has 0 bridgehead atoms. The predicted molar refractivity (Wildman–Crippen MR) is 215 cm³/mol. The van der Waals surface area contributed by atoms with Gasteiger partial charge in [0.15, 0.2) is 5.78 Å². The Morgan fingerprint density at radius 2 is 1.58 bits per heavy atom. The Balaban J connectivity index is 1.03. The van der Waals surface area contributed by atoms with Crippen LogP contribution in [0.2, 0.25) is 0 Å². The number of aromatic nitrogens is 3. The van der Waals surface area contributed by atoms with Gasteiger partial charge in [0.1, 0.15) is 11.9 Å². The van der Waals surface area contributed by atoms with Gasteiger partial charge in [0.25, 0.3) is 5.91 Å². The summed E-state index contributed by atoms with van der Waals surface area (Å²) in [5.74, 6) is 0.527. The zero-order chi connectivity index (χ0) is 38.1. The monoisotopic (exact) mass is 726 g/mol. The first-order valence-corrected chi connectivity index (χ1v) is 18.1. The third kappa shape index (κ3) is 7.32. The van der Waals surface area contributed by atoms with Crippen molar-refractivity contribution in [3.63, 3.8) is 0 Å². The normalized spacial score (nSPS) is 15.1. The summed E-state index contributed by atoms with van der Waals surface area (Å²) >= 11 is 0. The number of rotatable bonds is 8. The lowest BCUT2D eigenvalue weighted by molar-refractivity contribution is -0.119. The maximum atomic E-state index is 13.8. The number of carbonyl (C=O) groups excluding carboxylic acids is 3. The molecule has 1 atom stereocenters. The third-order valence-corrected chi connectivity index (χ3v) is 9.89. The van der Waals surface area contributed by atoms with E-state index in [1.807, 2.05) is 105 Å². The van der Waals surface area contributed by atoms with Crippen molar-refractivity contribution in [2.75, 3.05) is 27.5 Å². The molecule has 272 valence electrons. The Morgan fingerprint density at radius 1 is 0.818 bits per heavy atom. The number of aryl methyl sites for hydroxylation is 2. The van der Waals surface area contributed by atoms with Gasteiger partial charge in [-0.3, -0.25) is 29.4 Å². The summed E-state index contributed by atoms with van der Waals surface area (Å²) in [6.07, 6.45) is 4.06. The summed E-state index contributed by atoms with van der Waals surface area (Å²) in [5, 5.41) is 6.17. The minimum Gasteiger partial charge on any atom is -0.323 e. The van der Waals surface area contributed by atoms with Crippen molar-refractivity contribution in [2.24, 2.45) is 4.99 Å². The second-order valence-electron chi connectivity index (χ2n) is 13.8. The van der Waals surface area contributed by atoms with Gasteiger partial charge in [0.05, 0.1) is 29.8 Å². The number of fused-ring (bicyclic) bond motifs is 2. The average Bonchev–Trinajstić information content (AvgIpc) is 3.34. The number of amides is 3. The number of carbonyl (C=O) groups is 3. The molecule has 3 amide bonds. The van der Waals surface area contributed by atoms with E-state index in [0.717, 1.165) is 50.5 Å². The van der Waals surface area contributed by atoms with Crippen LogP contribution in [0.1, 0.15) is 49.4 Å². The molecule has 4 aromatic carbocycles. The summed E-state index contributed by atoms with van der Waals surface area (Å²) in [6, 6.07) is 33.6. The molecule has 0 saturated carbocycles. The highest BCUT2D eigenvalue weighted by Gasteiger charge is 2.32. The van der Waals surface area contributed by atoms with Crippen LogP contribution in [0.25, 0.3) is 0 Å². The number of urea groups is 1. The van der Waals surface area contributed by atoms with Gasteiger partial charge in [-0.2, -0.15) is 4.98 Å². The molecule has 2 aliphatic heterocycles. The second-order valence-corrected chi connectivity index (χ2v) is 13.8. The quantitative estimate of drug-likeness (QED) is 0.165. The molecule has 55 heavy (non-hydrogen) atoms. The van der Waals surface area contributed by atoms with Crippen LogP contribution >= 0.6 is 0 Å². The lowest BCUT2D eigenvalue weighted by atomic mass is 9.93. The van der Waals surface area contributed by atoms with Gasteiger partial charge in [0.2, 0.25) is 5.95 Å². The Labute approximate surface area is 318 Å². The molecule has 0 fully saturated rings. The number of nitrogens with zero attached hydrogens (tertiary/aromatic N) is 6. The number of nitrogens with one attached hydrogen (secondary N) is 2. The van der Waals surface area contributed by atoms with Crippen molar-refractivity contribution in [3.05, 3.63) is 166 Å². The molecular weight excluding hydrogens is 689 g/mol. The van der Waals surface area contributed by atoms with E-state index < -0.39 is 6.04 Å². The summed E-state index contributed by atoms with van der Waals surface area (Å²) in [5.41, 5.74) is 9.10. The van der Waals surface area contributed by atoms with Crippen LogP contribution in [0.3, 0.4) is 0 Å². The molecule has 0 spiro atoms. The number of Topliss-reactive ketones (excluding diaryl/α,β-unsaturated/α-hetero) is 1. The average molecular weight is 727 g/mol. The zero-order valence-electron chi connectivity index (χ0n) is 30.7. The first kappa shape index (κ1) is 35.0. The molecule has 4 heterocycles. The van der Waals surface area contributed by atoms with E-state index in [2.05, 4.69) is 25.6 Å². The van der Waals surface area contributed by atoms with Gasteiger partial charge in [0, 0.05) is 59.7 Å². The first-order valence-electron chi connectivity index (χ1n) is 18.1. The molecule has 6 aromatic rings. The van der Waals surface area contributed by atoms with Crippen LogP contribution in [-0.4, -0.2) is 51.5 Å². The van der Waals surface area contributed by atoms with Gasteiger partial charge in [-0.15, -0.1) is 0 Å². The van der Waals surface area contributed by atoms with Gasteiger partial charge in [-0.25, -0.2) is 9.78 Å². The Morgan fingerprint density at radius 3 is 2.35 bits per heavy atom. The maximum absolute atomic E-state index is 13.8. The maximum Gasteiger partial charge on any atom is 0.330 e. The highest BCUT2D eigenvalue weighted by atomic mass is 16.2. The molecule has 2 aliphatic rings. The van der Waals surface area contributed by atoms with Gasteiger partial charge in [-0.1, -0.05) is 72.8 Å². The van der Waals surface area contributed by atoms with Crippen molar-refractivity contribution in [1.29, 1.82) is 0 Å². The standard InChI is InChI=1S/C44H38N8O3/c1-27-14-17-34(23-38(27)52-26-33-24-46-43(50-41(33)51(3)44(52)55)48-35-18-15-28(2)45-25-35)47-42(54)31-16-19-36-32(21-31)22-39(53)37(20-29-10-6-4-7-11-29)49-40(36)30-12-8-5-9-13-30/h4-19,21,23-25,37H,20,22,26H2,1-3H3,(H,47,54)(H,46,48,50)/t37-/m0/s1. The number of benzene rings is 4. The highest BCUT2D eigenvalue weighted by molar-refractivity contribution is 6.17. The molecular formula is C44H38N8O3. The van der Waals surface area contributed by atoms with E-state index in [1.54, 1.807) is 42.5 Å². The van der Waals surface area contributed by atoms with Crippen LogP contribution in [0, 0.1) is 13.8 Å². The number of aliphatic imine (C=N–C) groups is 1. The summed E-state index contributed by atoms with van der Waals surface area (Å²) < 4.78 is 0.